The van der Waals surface area contributed by atoms with Gasteiger partial charge in [0, 0.05) is 19.3 Å². The molecule has 160 valence electrons. The van der Waals surface area contributed by atoms with Gasteiger partial charge in [-0.2, -0.15) is 0 Å². The lowest BCUT2D eigenvalue weighted by Gasteiger charge is -2.25. The number of pyridine rings is 1. The lowest BCUT2D eigenvalue weighted by molar-refractivity contribution is 0.797. The largest absolute Gasteiger partial charge is 0.362 e. The number of nitrogens with zero attached hydrogens (tertiary/aromatic N) is 2. The molecule has 0 saturated carbocycles. The van der Waals surface area contributed by atoms with Gasteiger partial charge in [0.25, 0.3) is 0 Å². The molecule has 0 fully saturated rings. The Bertz CT molecular complexity index is 1180. The van der Waals surface area contributed by atoms with Crippen LogP contribution in [0.3, 0.4) is 0 Å². The van der Waals surface area contributed by atoms with E-state index in [9.17, 15) is 0 Å². The summed E-state index contributed by atoms with van der Waals surface area (Å²) < 4.78 is 0. The van der Waals surface area contributed by atoms with E-state index < -0.39 is 0 Å². The number of hydrogen-bond acceptors (Lipinski definition) is 2. The van der Waals surface area contributed by atoms with Gasteiger partial charge in [0.15, 0.2) is 0 Å². The molecule has 1 heterocycles. The summed E-state index contributed by atoms with van der Waals surface area (Å²) in [6, 6.07) is 42.9. The van der Waals surface area contributed by atoms with Gasteiger partial charge in [-0.05, 0) is 45.5 Å². The molecule has 2 nitrogen and oxygen atoms in total. The van der Waals surface area contributed by atoms with E-state index in [2.05, 4.69) is 125 Å². The molecule has 4 aromatic carbocycles. The van der Waals surface area contributed by atoms with E-state index in [1.807, 2.05) is 18.5 Å². The number of aromatic nitrogens is 1. The Hall–Kier alpha value is -4.17. The molecule has 5 aromatic rings. The summed E-state index contributed by atoms with van der Waals surface area (Å²) in [6.07, 6.45) is 3.77. The fraction of sp³-hybridized carbons (Fsp3) is 0.0645. The lowest BCUT2D eigenvalue weighted by atomic mass is 10.0. The Balaban J connectivity index is 1.36. The van der Waals surface area contributed by atoms with Crippen molar-refractivity contribution in [2.45, 2.75) is 13.1 Å². The normalized spacial score (nSPS) is 10.7. The van der Waals surface area contributed by atoms with E-state index in [4.69, 9.17) is 0 Å². The highest BCUT2D eigenvalue weighted by atomic mass is 15.1. The molecule has 0 unspecified atom stereocenters. The molecular formula is C31H26N2. The zero-order valence-corrected chi connectivity index (χ0v) is 18.5. The number of hydrogen-bond donors (Lipinski definition) is 0. The first kappa shape index (κ1) is 20.7. The van der Waals surface area contributed by atoms with E-state index in [-0.39, 0.29) is 0 Å². The van der Waals surface area contributed by atoms with Crippen LogP contribution in [0.2, 0.25) is 0 Å². The second-order valence-corrected chi connectivity index (χ2v) is 8.19. The zero-order chi connectivity index (χ0) is 22.3. The Labute approximate surface area is 195 Å². The maximum atomic E-state index is 4.35. The van der Waals surface area contributed by atoms with Gasteiger partial charge in [-0.1, -0.05) is 109 Å². The molecule has 2 heteroatoms. The number of anilines is 1. The third-order valence-corrected chi connectivity index (χ3v) is 5.88. The Morgan fingerprint density at radius 3 is 1.33 bits per heavy atom. The van der Waals surface area contributed by atoms with E-state index in [0.29, 0.717) is 0 Å². The van der Waals surface area contributed by atoms with Crippen LogP contribution in [-0.4, -0.2) is 4.98 Å². The minimum Gasteiger partial charge on any atom is -0.362 e. The maximum absolute atomic E-state index is 4.35. The summed E-state index contributed by atoms with van der Waals surface area (Å²) in [4.78, 5) is 6.73. The van der Waals surface area contributed by atoms with Gasteiger partial charge in [0.05, 0.1) is 11.9 Å². The Kier molecular flexibility index (Phi) is 6.26. The first-order valence-corrected chi connectivity index (χ1v) is 11.3. The average molecular weight is 427 g/mol. The van der Waals surface area contributed by atoms with Crippen molar-refractivity contribution in [2.24, 2.45) is 0 Å². The first-order chi connectivity index (χ1) is 16.3. The summed E-state index contributed by atoms with van der Waals surface area (Å²) in [7, 11) is 0. The zero-order valence-electron chi connectivity index (χ0n) is 18.5. The van der Waals surface area contributed by atoms with Crippen LogP contribution in [0, 0.1) is 0 Å². The van der Waals surface area contributed by atoms with Crippen molar-refractivity contribution in [3.63, 3.8) is 0 Å². The van der Waals surface area contributed by atoms with Crippen molar-refractivity contribution in [1.29, 1.82) is 0 Å². The smallest absolute Gasteiger partial charge is 0.0558 e. The topological polar surface area (TPSA) is 16.1 Å². The molecule has 0 spiro atoms. The van der Waals surface area contributed by atoms with Crippen molar-refractivity contribution >= 4 is 5.69 Å². The number of benzene rings is 4. The van der Waals surface area contributed by atoms with E-state index in [1.165, 1.54) is 33.4 Å². The van der Waals surface area contributed by atoms with Gasteiger partial charge >= 0.3 is 0 Å². The molecule has 33 heavy (non-hydrogen) atoms. The van der Waals surface area contributed by atoms with Crippen molar-refractivity contribution in [3.8, 4) is 22.3 Å². The van der Waals surface area contributed by atoms with Gasteiger partial charge in [0.1, 0.15) is 0 Å². The van der Waals surface area contributed by atoms with E-state index in [0.717, 1.165) is 18.8 Å². The van der Waals surface area contributed by atoms with Crippen molar-refractivity contribution in [1.82, 2.24) is 4.98 Å². The van der Waals surface area contributed by atoms with Crippen LogP contribution in [0.4, 0.5) is 5.69 Å². The molecule has 0 atom stereocenters. The molecule has 0 aliphatic carbocycles. The van der Waals surface area contributed by atoms with Crippen molar-refractivity contribution < 1.29 is 0 Å². The van der Waals surface area contributed by atoms with Crippen LogP contribution < -0.4 is 4.90 Å². The molecule has 5 rings (SSSR count). The van der Waals surface area contributed by atoms with E-state index >= 15 is 0 Å². The van der Waals surface area contributed by atoms with Crippen LogP contribution in [0.1, 0.15) is 11.1 Å². The SMILES string of the molecule is c1ccc(-c2ccc(CN(Cc3ccc(-c4ccccc4)cc3)c3cccnc3)cc2)cc1. The highest BCUT2D eigenvalue weighted by Crippen LogP contribution is 2.24. The fourth-order valence-corrected chi connectivity index (χ4v) is 4.09. The van der Waals surface area contributed by atoms with Gasteiger partial charge in [-0.3, -0.25) is 4.98 Å². The van der Waals surface area contributed by atoms with Gasteiger partial charge < -0.3 is 4.90 Å². The lowest BCUT2D eigenvalue weighted by Crippen LogP contribution is -2.22. The highest BCUT2D eigenvalue weighted by molar-refractivity contribution is 5.64. The molecule has 0 radical (unpaired) electrons. The van der Waals surface area contributed by atoms with Crippen LogP contribution in [0.25, 0.3) is 22.3 Å². The van der Waals surface area contributed by atoms with E-state index in [1.54, 1.807) is 0 Å². The molecule has 0 saturated heterocycles. The van der Waals surface area contributed by atoms with Crippen LogP contribution in [-0.2, 0) is 13.1 Å². The van der Waals surface area contributed by atoms with Crippen molar-refractivity contribution in [2.75, 3.05) is 4.90 Å². The quantitative estimate of drug-likeness (QED) is 0.266. The number of rotatable bonds is 7. The minimum absolute atomic E-state index is 0.821. The average Bonchev–Trinajstić information content (AvgIpc) is 2.91. The minimum atomic E-state index is 0.821. The molecule has 0 aliphatic rings. The second kappa shape index (κ2) is 9.97. The van der Waals surface area contributed by atoms with Crippen molar-refractivity contribution in [3.05, 3.63) is 145 Å². The Morgan fingerprint density at radius 1 is 0.455 bits per heavy atom. The first-order valence-electron chi connectivity index (χ1n) is 11.3. The third kappa shape index (κ3) is 5.19. The van der Waals surface area contributed by atoms with Crippen LogP contribution in [0.15, 0.2) is 134 Å². The molecule has 0 bridgehead atoms. The summed E-state index contributed by atoms with van der Waals surface area (Å²) in [5.74, 6) is 0. The van der Waals surface area contributed by atoms with Gasteiger partial charge in [-0.25, -0.2) is 0 Å². The fourth-order valence-electron chi connectivity index (χ4n) is 4.09. The molecule has 1 aromatic heterocycles. The predicted molar refractivity (Wildman–Crippen MR) is 138 cm³/mol. The maximum Gasteiger partial charge on any atom is 0.0558 e. The van der Waals surface area contributed by atoms with Crippen LogP contribution >= 0.6 is 0 Å². The summed E-state index contributed by atoms with van der Waals surface area (Å²) in [5.41, 5.74) is 8.64. The highest BCUT2D eigenvalue weighted by Gasteiger charge is 2.10. The molecular weight excluding hydrogens is 400 g/mol. The standard InChI is InChI=1S/C31H26N2/c1-3-8-27(9-4-1)29-17-13-25(14-18-29)23-33(31-12-7-21-32-22-31)24-26-15-19-30(20-16-26)28-10-5-2-6-11-28/h1-22H,23-24H2. The predicted octanol–water partition coefficient (Wildman–Crippen LogP) is 7.62. The summed E-state index contributed by atoms with van der Waals surface area (Å²) in [6.45, 7) is 1.64. The second-order valence-electron chi connectivity index (χ2n) is 8.19. The monoisotopic (exact) mass is 426 g/mol. The van der Waals surface area contributed by atoms with Crippen LogP contribution in [0.5, 0.6) is 0 Å². The third-order valence-electron chi connectivity index (χ3n) is 5.88. The molecule has 0 aliphatic heterocycles. The molecule has 0 N–H and O–H groups in total. The molecule has 0 amide bonds. The summed E-state index contributed by atoms with van der Waals surface area (Å²) >= 11 is 0. The Morgan fingerprint density at radius 2 is 0.909 bits per heavy atom. The van der Waals surface area contributed by atoms with Gasteiger partial charge in [-0.15, -0.1) is 0 Å². The van der Waals surface area contributed by atoms with Gasteiger partial charge in [0.2, 0.25) is 0 Å². The summed E-state index contributed by atoms with van der Waals surface area (Å²) in [5, 5.41) is 0.